The lowest BCUT2D eigenvalue weighted by Crippen LogP contribution is -2.36. The van der Waals surface area contributed by atoms with E-state index in [0.29, 0.717) is 32.0 Å². The summed E-state index contributed by atoms with van der Waals surface area (Å²) in [5, 5.41) is -0.196. The summed E-state index contributed by atoms with van der Waals surface area (Å²) in [7, 11) is -4.28. The van der Waals surface area contributed by atoms with Gasteiger partial charge in [-0.25, -0.2) is 8.42 Å². The largest absolute Gasteiger partial charge is 0.416 e. The summed E-state index contributed by atoms with van der Waals surface area (Å²) in [6, 6.07) is 6.93. The first kappa shape index (κ1) is 21.0. The quantitative estimate of drug-likeness (QED) is 0.730. The molecule has 152 valence electrons. The van der Waals surface area contributed by atoms with E-state index in [9.17, 15) is 21.6 Å². The lowest BCUT2D eigenvalue weighted by molar-refractivity contribution is -0.137. The number of rotatable bonds is 4. The SMILES string of the molecule is O=S(=O)(Nc1cc(C(F)(F)F)ccc1N1CCOCC1)c1cccc(Cl)c1Cl. The van der Waals surface area contributed by atoms with E-state index in [-0.39, 0.29) is 20.6 Å². The molecule has 1 saturated heterocycles. The molecule has 1 heterocycles. The Kier molecular flexibility index (Phi) is 6.00. The second kappa shape index (κ2) is 7.98. The van der Waals surface area contributed by atoms with Crippen molar-refractivity contribution >= 4 is 44.6 Å². The summed E-state index contributed by atoms with van der Waals surface area (Å²) in [5.74, 6) is 0. The van der Waals surface area contributed by atoms with Crippen LogP contribution in [-0.2, 0) is 20.9 Å². The van der Waals surface area contributed by atoms with Gasteiger partial charge in [0, 0.05) is 13.1 Å². The van der Waals surface area contributed by atoms with Crippen molar-refractivity contribution in [3.05, 3.63) is 52.0 Å². The lowest BCUT2D eigenvalue weighted by atomic mass is 10.1. The third-order valence-corrected chi connectivity index (χ3v) is 6.46. The number of halogens is 5. The molecule has 0 saturated carbocycles. The zero-order valence-corrected chi connectivity index (χ0v) is 16.6. The van der Waals surface area contributed by atoms with Gasteiger partial charge < -0.3 is 9.64 Å². The molecule has 1 fully saturated rings. The van der Waals surface area contributed by atoms with Gasteiger partial charge in [-0.2, -0.15) is 13.2 Å². The topological polar surface area (TPSA) is 58.6 Å². The molecule has 3 rings (SSSR count). The second-order valence-corrected chi connectivity index (χ2v) is 8.42. The van der Waals surface area contributed by atoms with Gasteiger partial charge >= 0.3 is 6.18 Å². The molecule has 1 aliphatic rings. The van der Waals surface area contributed by atoms with Gasteiger partial charge in [-0.05, 0) is 30.3 Å². The molecule has 11 heteroatoms. The molecule has 0 spiro atoms. The van der Waals surface area contributed by atoms with Crippen LogP contribution in [0.1, 0.15) is 5.56 Å². The highest BCUT2D eigenvalue weighted by Crippen LogP contribution is 2.37. The van der Waals surface area contributed by atoms with E-state index in [4.69, 9.17) is 27.9 Å². The highest BCUT2D eigenvalue weighted by molar-refractivity contribution is 7.92. The minimum Gasteiger partial charge on any atom is -0.378 e. The van der Waals surface area contributed by atoms with Crippen molar-refractivity contribution in [3.8, 4) is 0 Å². The number of hydrogen-bond acceptors (Lipinski definition) is 4. The van der Waals surface area contributed by atoms with E-state index < -0.39 is 21.8 Å². The Morgan fingerprint density at radius 2 is 1.75 bits per heavy atom. The van der Waals surface area contributed by atoms with E-state index >= 15 is 0 Å². The third-order valence-electron chi connectivity index (χ3n) is 4.13. The number of anilines is 2. The Morgan fingerprint density at radius 3 is 2.39 bits per heavy atom. The van der Waals surface area contributed by atoms with Crippen molar-refractivity contribution < 1.29 is 26.3 Å². The summed E-state index contributed by atoms with van der Waals surface area (Å²) in [6.45, 7) is 1.59. The number of hydrogen-bond donors (Lipinski definition) is 1. The molecule has 2 aromatic carbocycles. The summed E-state index contributed by atoms with van der Waals surface area (Å²) >= 11 is 11.8. The first-order chi connectivity index (χ1) is 13.1. The molecule has 0 aliphatic carbocycles. The van der Waals surface area contributed by atoms with Gasteiger partial charge in [0.05, 0.1) is 40.2 Å². The van der Waals surface area contributed by atoms with Gasteiger partial charge in [-0.15, -0.1) is 0 Å². The van der Waals surface area contributed by atoms with Crippen molar-refractivity contribution in [3.63, 3.8) is 0 Å². The number of nitrogens with one attached hydrogen (secondary N) is 1. The zero-order valence-electron chi connectivity index (χ0n) is 14.3. The van der Waals surface area contributed by atoms with Gasteiger partial charge in [-0.3, -0.25) is 4.72 Å². The highest BCUT2D eigenvalue weighted by atomic mass is 35.5. The molecule has 0 bridgehead atoms. The van der Waals surface area contributed by atoms with Gasteiger partial charge in [0.15, 0.2) is 0 Å². The first-order valence-corrected chi connectivity index (χ1v) is 10.3. The first-order valence-electron chi connectivity index (χ1n) is 8.10. The van der Waals surface area contributed by atoms with E-state index in [1.54, 1.807) is 4.90 Å². The smallest absolute Gasteiger partial charge is 0.378 e. The molecule has 1 N–H and O–H groups in total. The number of benzene rings is 2. The summed E-state index contributed by atoms with van der Waals surface area (Å²) in [4.78, 5) is 1.42. The average molecular weight is 455 g/mol. The van der Waals surface area contributed by atoms with Crippen LogP contribution in [0.4, 0.5) is 24.5 Å². The highest BCUT2D eigenvalue weighted by Gasteiger charge is 2.32. The van der Waals surface area contributed by atoms with Crippen LogP contribution in [-0.4, -0.2) is 34.7 Å². The van der Waals surface area contributed by atoms with Gasteiger partial charge in [-0.1, -0.05) is 29.3 Å². The van der Waals surface area contributed by atoms with Gasteiger partial charge in [0.1, 0.15) is 4.90 Å². The molecule has 0 atom stereocenters. The average Bonchev–Trinajstić information content (AvgIpc) is 2.63. The Bertz CT molecular complexity index is 978. The molecule has 0 radical (unpaired) electrons. The lowest BCUT2D eigenvalue weighted by Gasteiger charge is -2.31. The van der Waals surface area contributed by atoms with Crippen molar-refractivity contribution in [1.29, 1.82) is 0 Å². The fourth-order valence-corrected chi connectivity index (χ4v) is 4.59. The zero-order chi connectivity index (χ0) is 20.5. The van der Waals surface area contributed by atoms with E-state index in [2.05, 4.69) is 4.72 Å². The van der Waals surface area contributed by atoms with Crippen LogP contribution in [0.3, 0.4) is 0 Å². The molecule has 1 aliphatic heterocycles. The minimum absolute atomic E-state index is 0.0157. The molecular weight excluding hydrogens is 440 g/mol. The summed E-state index contributed by atoms with van der Waals surface area (Å²) in [6.07, 6.45) is -4.63. The van der Waals surface area contributed by atoms with Crippen LogP contribution < -0.4 is 9.62 Å². The molecule has 5 nitrogen and oxygen atoms in total. The fraction of sp³-hybridized carbons (Fsp3) is 0.294. The summed E-state index contributed by atoms with van der Waals surface area (Å²) < 4.78 is 72.6. The van der Waals surface area contributed by atoms with Crippen LogP contribution in [0.5, 0.6) is 0 Å². The molecule has 0 aromatic heterocycles. The number of nitrogens with zero attached hydrogens (tertiary/aromatic N) is 1. The van der Waals surface area contributed by atoms with E-state index in [0.717, 1.165) is 12.1 Å². The van der Waals surface area contributed by atoms with Crippen LogP contribution in [0.15, 0.2) is 41.3 Å². The van der Waals surface area contributed by atoms with Gasteiger partial charge in [0.25, 0.3) is 10.0 Å². The van der Waals surface area contributed by atoms with Crippen molar-refractivity contribution in [1.82, 2.24) is 0 Å². The van der Waals surface area contributed by atoms with Crippen LogP contribution >= 0.6 is 23.2 Å². The number of morpholine rings is 1. The Balaban J connectivity index is 2.06. The van der Waals surface area contributed by atoms with E-state index in [1.807, 2.05) is 0 Å². The number of ether oxygens (including phenoxy) is 1. The maximum absolute atomic E-state index is 13.2. The monoisotopic (exact) mass is 454 g/mol. The van der Waals surface area contributed by atoms with E-state index in [1.165, 1.54) is 24.3 Å². The predicted molar refractivity (Wildman–Crippen MR) is 102 cm³/mol. The molecule has 0 unspecified atom stereocenters. The van der Waals surface area contributed by atoms with Crippen LogP contribution in [0, 0.1) is 0 Å². The summed E-state index contributed by atoms with van der Waals surface area (Å²) in [5.41, 5.74) is -0.856. The molecule has 2 aromatic rings. The Labute approximate surface area is 170 Å². The Morgan fingerprint density at radius 1 is 1.07 bits per heavy atom. The van der Waals surface area contributed by atoms with Crippen molar-refractivity contribution in [2.24, 2.45) is 0 Å². The normalized spacial score (nSPS) is 15.5. The standard InChI is InChI=1S/C17H15Cl2F3N2O3S/c18-12-2-1-3-15(16(12)19)28(25,26)23-13-10-11(17(20,21)22)4-5-14(13)24-6-8-27-9-7-24/h1-5,10,23H,6-9H2. The van der Waals surface area contributed by atoms with Crippen LogP contribution in [0.25, 0.3) is 0 Å². The molecule has 28 heavy (non-hydrogen) atoms. The number of alkyl halides is 3. The van der Waals surface area contributed by atoms with Crippen molar-refractivity contribution in [2.75, 3.05) is 35.9 Å². The minimum atomic E-state index is -4.63. The Hall–Kier alpha value is -1.68. The third kappa shape index (κ3) is 4.48. The van der Waals surface area contributed by atoms with Gasteiger partial charge in [0.2, 0.25) is 0 Å². The molecular formula is C17H15Cl2F3N2O3S. The van der Waals surface area contributed by atoms with Crippen molar-refractivity contribution in [2.45, 2.75) is 11.1 Å². The second-order valence-electron chi connectivity index (χ2n) is 5.99. The maximum atomic E-state index is 13.2. The predicted octanol–water partition coefficient (Wildman–Crippen LogP) is 4.65. The fourth-order valence-electron chi connectivity index (χ4n) is 2.77. The maximum Gasteiger partial charge on any atom is 0.416 e. The number of sulfonamides is 1. The molecule has 0 amide bonds. The van der Waals surface area contributed by atoms with Crippen LogP contribution in [0.2, 0.25) is 10.0 Å².